The van der Waals surface area contributed by atoms with Gasteiger partial charge in [-0.2, -0.15) is 0 Å². The van der Waals surface area contributed by atoms with E-state index >= 15 is 0 Å². The molecule has 0 radical (unpaired) electrons. The molecule has 2 aromatic rings. The van der Waals surface area contributed by atoms with Crippen LogP contribution in [0.15, 0.2) is 36.7 Å². The topological polar surface area (TPSA) is 42.4 Å². The summed E-state index contributed by atoms with van der Waals surface area (Å²) in [5.41, 5.74) is 0.979. The molecule has 1 aromatic heterocycles. The molecule has 0 bridgehead atoms. The number of hydrogen-bond donors (Lipinski definition) is 1. The molecule has 0 aliphatic heterocycles. The SMILES string of the molecule is OCC#Cc1cncc(OCc2cc(Cl)ccc2F)c1. The van der Waals surface area contributed by atoms with Crippen molar-refractivity contribution in [3.05, 3.63) is 58.6 Å². The van der Waals surface area contributed by atoms with Gasteiger partial charge in [-0.05, 0) is 24.3 Å². The third kappa shape index (κ3) is 3.95. The lowest BCUT2D eigenvalue weighted by Crippen LogP contribution is -1.99. The van der Waals surface area contributed by atoms with Gasteiger partial charge in [0.25, 0.3) is 0 Å². The van der Waals surface area contributed by atoms with Gasteiger partial charge in [-0.3, -0.25) is 4.98 Å². The minimum Gasteiger partial charge on any atom is -0.487 e. The fraction of sp³-hybridized carbons (Fsp3) is 0.133. The Morgan fingerprint density at radius 3 is 2.95 bits per heavy atom. The Balaban J connectivity index is 2.09. The van der Waals surface area contributed by atoms with Crippen LogP contribution in [0.25, 0.3) is 0 Å². The summed E-state index contributed by atoms with van der Waals surface area (Å²) in [5, 5.41) is 9.08. The normalized spacial score (nSPS) is 9.75. The van der Waals surface area contributed by atoms with Crippen molar-refractivity contribution in [1.82, 2.24) is 4.98 Å². The number of aliphatic hydroxyl groups excluding tert-OH is 1. The Labute approximate surface area is 121 Å². The van der Waals surface area contributed by atoms with Crippen molar-refractivity contribution in [2.24, 2.45) is 0 Å². The number of aromatic nitrogens is 1. The van der Waals surface area contributed by atoms with Crippen molar-refractivity contribution in [2.75, 3.05) is 6.61 Å². The molecule has 0 saturated carbocycles. The van der Waals surface area contributed by atoms with E-state index < -0.39 is 0 Å². The zero-order valence-corrected chi connectivity index (χ0v) is 11.2. The van der Waals surface area contributed by atoms with Gasteiger partial charge >= 0.3 is 0 Å². The largest absolute Gasteiger partial charge is 0.487 e. The molecule has 1 N–H and O–H groups in total. The van der Waals surface area contributed by atoms with Crippen LogP contribution in [0, 0.1) is 17.7 Å². The Morgan fingerprint density at radius 1 is 1.30 bits per heavy atom. The van der Waals surface area contributed by atoms with Gasteiger partial charge < -0.3 is 9.84 Å². The predicted molar refractivity (Wildman–Crippen MR) is 73.9 cm³/mol. The number of rotatable bonds is 3. The third-order valence-corrected chi connectivity index (χ3v) is 2.66. The van der Waals surface area contributed by atoms with Gasteiger partial charge in [-0.25, -0.2) is 4.39 Å². The zero-order chi connectivity index (χ0) is 14.4. The zero-order valence-electron chi connectivity index (χ0n) is 10.4. The van der Waals surface area contributed by atoms with Crippen LogP contribution in [0.5, 0.6) is 5.75 Å². The molecule has 0 aliphatic rings. The first kappa shape index (κ1) is 14.3. The highest BCUT2D eigenvalue weighted by molar-refractivity contribution is 6.30. The average Bonchev–Trinajstić information content (AvgIpc) is 2.46. The summed E-state index contributed by atoms with van der Waals surface area (Å²) in [6.45, 7) is -0.177. The number of ether oxygens (including phenoxy) is 1. The van der Waals surface area contributed by atoms with Crippen molar-refractivity contribution >= 4 is 11.6 Å². The molecular formula is C15H11ClFNO2. The molecule has 0 spiro atoms. The maximum atomic E-state index is 13.5. The summed E-state index contributed by atoms with van der Waals surface area (Å²) in [7, 11) is 0. The maximum absolute atomic E-state index is 13.5. The molecule has 20 heavy (non-hydrogen) atoms. The number of halogens is 2. The van der Waals surface area contributed by atoms with Gasteiger partial charge in [0, 0.05) is 22.3 Å². The first-order valence-corrected chi connectivity index (χ1v) is 6.18. The van der Waals surface area contributed by atoms with Crippen molar-refractivity contribution in [3.8, 4) is 17.6 Å². The van der Waals surface area contributed by atoms with Gasteiger partial charge in [-0.1, -0.05) is 23.4 Å². The minimum atomic E-state index is -0.376. The lowest BCUT2D eigenvalue weighted by atomic mass is 10.2. The van der Waals surface area contributed by atoms with Crippen LogP contribution in [-0.2, 0) is 6.61 Å². The summed E-state index contributed by atoms with van der Waals surface area (Å²) in [4.78, 5) is 3.96. The Morgan fingerprint density at radius 2 is 2.15 bits per heavy atom. The van der Waals surface area contributed by atoms with Crippen LogP contribution in [-0.4, -0.2) is 16.7 Å². The Hall–Kier alpha value is -2.09. The van der Waals surface area contributed by atoms with Gasteiger partial charge in [0.2, 0.25) is 0 Å². The standard InChI is InChI=1S/C15H11ClFNO2/c16-13-3-4-15(17)12(7-13)10-20-14-6-11(2-1-5-19)8-18-9-14/h3-4,6-9,19H,5,10H2. The molecule has 102 valence electrons. The fourth-order valence-electron chi connectivity index (χ4n) is 1.52. The second kappa shape index (κ2) is 6.90. The molecule has 3 nitrogen and oxygen atoms in total. The average molecular weight is 292 g/mol. The Bertz CT molecular complexity index is 664. The molecule has 2 rings (SSSR count). The Kier molecular flexibility index (Phi) is 4.94. The van der Waals surface area contributed by atoms with E-state index in [0.29, 0.717) is 21.9 Å². The third-order valence-electron chi connectivity index (χ3n) is 2.43. The van der Waals surface area contributed by atoms with Crippen molar-refractivity contribution in [3.63, 3.8) is 0 Å². The molecule has 0 unspecified atom stereocenters. The number of pyridine rings is 1. The monoisotopic (exact) mass is 291 g/mol. The van der Waals surface area contributed by atoms with E-state index in [2.05, 4.69) is 16.8 Å². The van der Waals surface area contributed by atoms with Gasteiger partial charge in [0.15, 0.2) is 0 Å². The highest BCUT2D eigenvalue weighted by Gasteiger charge is 2.04. The van der Waals surface area contributed by atoms with Crippen LogP contribution in [0.2, 0.25) is 5.02 Å². The fourth-order valence-corrected chi connectivity index (χ4v) is 1.72. The molecule has 0 atom stereocenters. The smallest absolute Gasteiger partial charge is 0.139 e. The quantitative estimate of drug-likeness (QED) is 0.884. The van der Waals surface area contributed by atoms with Gasteiger partial charge in [0.1, 0.15) is 24.8 Å². The molecule has 0 amide bonds. The van der Waals surface area contributed by atoms with Gasteiger partial charge in [0.05, 0.1) is 6.20 Å². The minimum absolute atomic E-state index is 0.0466. The molecular weight excluding hydrogens is 281 g/mol. The molecule has 0 saturated heterocycles. The van der Waals surface area contributed by atoms with E-state index in [9.17, 15) is 4.39 Å². The van der Waals surface area contributed by atoms with E-state index in [4.69, 9.17) is 21.4 Å². The van der Waals surface area contributed by atoms with E-state index in [0.717, 1.165) is 0 Å². The first-order chi connectivity index (χ1) is 9.69. The van der Waals surface area contributed by atoms with E-state index in [1.807, 2.05) is 0 Å². The summed E-state index contributed by atoms with van der Waals surface area (Å²) in [6.07, 6.45) is 3.06. The summed E-state index contributed by atoms with van der Waals surface area (Å²) >= 11 is 5.80. The lowest BCUT2D eigenvalue weighted by Gasteiger charge is -2.07. The van der Waals surface area contributed by atoms with Crippen molar-refractivity contribution in [2.45, 2.75) is 6.61 Å². The number of aliphatic hydroxyl groups is 1. The van der Waals surface area contributed by atoms with E-state index in [-0.39, 0.29) is 19.0 Å². The van der Waals surface area contributed by atoms with Crippen LogP contribution >= 0.6 is 11.6 Å². The van der Waals surface area contributed by atoms with Crippen molar-refractivity contribution < 1.29 is 14.2 Å². The van der Waals surface area contributed by atoms with Crippen LogP contribution < -0.4 is 4.74 Å². The van der Waals surface area contributed by atoms with Crippen LogP contribution in [0.1, 0.15) is 11.1 Å². The summed E-state index contributed by atoms with van der Waals surface area (Å²) < 4.78 is 19.0. The predicted octanol–water partition coefficient (Wildman–Crippen LogP) is 2.80. The summed E-state index contributed by atoms with van der Waals surface area (Å²) in [5.74, 6) is 5.32. The van der Waals surface area contributed by atoms with E-state index in [1.165, 1.54) is 24.4 Å². The van der Waals surface area contributed by atoms with Crippen molar-refractivity contribution in [1.29, 1.82) is 0 Å². The second-order valence-electron chi connectivity index (χ2n) is 3.89. The summed E-state index contributed by atoms with van der Waals surface area (Å²) in [6, 6.07) is 5.95. The van der Waals surface area contributed by atoms with Gasteiger partial charge in [-0.15, -0.1) is 0 Å². The molecule has 1 aromatic carbocycles. The maximum Gasteiger partial charge on any atom is 0.139 e. The second-order valence-corrected chi connectivity index (χ2v) is 4.33. The number of hydrogen-bond acceptors (Lipinski definition) is 3. The molecule has 0 fully saturated rings. The first-order valence-electron chi connectivity index (χ1n) is 5.80. The number of benzene rings is 1. The highest BCUT2D eigenvalue weighted by Crippen LogP contribution is 2.18. The molecule has 5 heteroatoms. The lowest BCUT2D eigenvalue weighted by molar-refractivity contribution is 0.298. The number of nitrogens with zero attached hydrogens (tertiary/aromatic N) is 1. The van der Waals surface area contributed by atoms with Crippen LogP contribution in [0.4, 0.5) is 4.39 Å². The highest BCUT2D eigenvalue weighted by atomic mass is 35.5. The molecule has 0 aliphatic carbocycles. The molecule has 1 heterocycles. The van der Waals surface area contributed by atoms with Crippen LogP contribution in [0.3, 0.4) is 0 Å². The van der Waals surface area contributed by atoms with E-state index in [1.54, 1.807) is 12.3 Å².